The van der Waals surface area contributed by atoms with Gasteiger partial charge in [-0.05, 0) is 43.0 Å². The molecule has 1 aliphatic rings. The molecule has 4 heteroatoms. The van der Waals surface area contributed by atoms with Crippen LogP contribution in [0.5, 0.6) is 0 Å². The maximum atomic E-state index is 10.9. The van der Waals surface area contributed by atoms with Crippen LogP contribution in [-0.4, -0.2) is 11.4 Å². The number of carbonyl (C=O) groups is 1. The third-order valence-electron chi connectivity index (χ3n) is 2.73. The third-order valence-corrected chi connectivity index (χ3v) is 2.82. The summed E-state index contributed by atoms with van der Waals surface area (Å²) in [5, 5.41) is 1.30. The largest absolute Gasteiger partial charge is 0.332 e. The van der Waals surface area contributed by atoms with E-state index in [1.807, 2.05) is 23.2 Å². The summed E-state index contributed by atoms with van der Waals surface area (Å²) < 4.78 is 0. The van der Waals surface area contributed by atoms with Gasteiger partial charge in [-0.2, -0.15) is 0 Å². The van der Waals surface area contributed by atoms with Crippen LogP contribution in [0.25, 0.3) is 0 Å². The van der Waals surface area contributed by atoms with Crippen LogP contribution < -0.4 is 10.4 Å². The number of hydrogen-bond donors (Lipinski definition) is 1. The fourth-order valence-electron chi connectivity index (χ4n) is 1.95. The van der Waals surface area contributed by atoms with E-state index in [1.54, 1.807) is 0 Å². The second-order valence-corrected chi connectivity index (χ2v) is 4.12. The van der Waals surface area contributed by atoms with Crippen LogP contribution in [0.15, 0.2) is 24.3 Å². The van der Waals surface area contributed by atoms with Crippen molar-refractivity contribution in [3.8, 4) is 0 Å². The lowest BCUT2D eigenvalue weighted by atomic mass is 9.98. The summed E-state index contributed by atoms with van der Waals surface area (Å²) in [5.74, 6) is 0. The maximum absolute atomic E-state index is 10.9. The molecule has 1 heterocycles. The monoisotopic (exact) mass is 224 g/mol. The van der Waals surface area contributed by atoms with Crippen LogP contribution >= 0.6 is 11.6 Å². The van der Waals surface area contributed by atoms with Gasteiger partial charge in [-0.25, -0.2) is 0 Å². The molecule has 0 fully saturated rings. The number of fused-ring (bicyclic) bond motifs is 1. The molecule has 0 spiro atoms. The Labute approximate surface area is 94.0 Å². The Hall–Kier alpha value is -1.22. The summed E-state index contributed by atoms with van der Waals surface area (Å²) in [6.07, 6.45) is 2.07. The first-order chi connectivity index (χ1) is 7.18. The van der Waals surface area contributed by atoms with Crippen LogP contribution in [0.3, 0.4) is 0 Å². The van der Waals surface area contributed by atoms with Gasteiger partial charge in [-0.15, -0.1) is 0 Å². The first kappa shape index (κ1) is 10.3. The zero-order chi connectivity index (χ0) is 10.8. The zero-order valence-corrected chi connectivity index (χ0v) is 9.29. The SMILES string of the molecule is CC1CCc2ccccc2N1NC(=O)Cl. The molecule has 1 amide bonds. The van der Waals surface area contributed by atoms with Crippen molar-refractivity contribution in [1.82, 2.24) is 5.43 Å². The molecule has 1 aromatic carbocycles. The summed E-state index contributed by atoms with van der Waals surface area (Å²) in [6, 6.07) is 8.33. The molecule has 15 heavy (non-hydrogen) atoms. The number of benzene rings is 1. The van der Waals surface area contributed by atoms with E-state index in [0.29, 0.717) is 0 Å². The first-order valence-electron chi connectivity index (χ1n) is 5.02. The van der Waals surface area contributed by atoms with Gasteiger partial charge in [0.15, 0.2) is 0 Å². The lowest BCUT2D eigenvalue weighted by Crippen LogP contribution is -2.48. The lowest BCUT2D eigenvalue weighted by molar-refractivity contribution is 0.257. The Bertz CT molecular complexity index is 381. The van der Waals surface area contributed by atoms with E-state index in [0.717, 1.165) is 18.5 Å². The summed E-state index contributed by atoms with van der Waals surface area (Å²) >= 11 is 5.35. The van der Waals surface area contributed by atoms with Gasteiger partial charge in [0.1, 0.15) is 0 Å². The van der Waals surface area contributed by atoms with Crippen LogP contribution in [0.1, 0.15) is 18.9 Å². The van der Waals surface area contributed by atoms with Crippen LogP contribution in [0.4, 0.5) is 10.5 Å². The van der Waals surface area contributed by atoms with E-state index < -0.39 is 5.37 Å². The molecule has 0 radical (unpaired) electrons. The maximum Gasteiger partial charge on any atom is 0.332 e. The van der Waals surface area contributed by atoms with Crippen molar-refractivity contribution in [1.29, 1.82) is 0 Å². The van der Waals surface area contributed by atoms with Crippen molar-refractivity contribution in [3.05, 3.63) is 29.8 Å². The number of amides is 1. The van der Waals surface area contributed by atoms with Crippen LogP contribution in [-0.2, 0) is 6.42 Å². The molecule has 1 aliphatic heterocycles. The summed E-state index contributed by atoms with van der Waals surface area (Å²) in [5.41, 5.74) is 4.94. The number of para-hydroxylation sites is 1. The van der Waals surface area contributed by atoms with E-state index >= 15 is 0 Å². The van der Waals surface area contributed by atoms with E-state index in [2.05, 4.69) is 18.4 Å². The Balaban J connectivity index is 2.32. The number of aryl methyl sites for hydroxylation is 1. The number of anilines is 1. The molecule has 0 saturated heterocycles. The Morgan fingerprint density at radius 2 is 2.27 bits per heavy atom. The molecule has 3 nitrogen and oxygen atoms in total. The van der Waals surface area contributed by atoms with Crippen molar-refractivity contribution < 1.29 is 4.79 Å². The Morgan fingerprint density at radius 3 is 3.00 bits per heavy atom. The molecule has 0 aliphatic carbocycles. The number of nitrogens with zero attached hydrogens (tertiary/aromatic N) is 1. The number of halogens is 1. The smallest absolute Gasteiger partial charge is 0.282 e. The minimum absolute atomic E-state index is 0.280. The highest BCUT2D eigenvalue weighted by Gasteiger charge is 2.23. The normalized spacial score (nSPS) is 19.6. The molecule has 1 N–H and O–H groups in total. The van der Waals surface area contributed by atoms with Gasteiger partial charge in [-0.1, -0.05) is 18.2 Å². The zero-order valence-electron chi connectivity index (χ0n) is 8.53. The number of hydrogen-bond acceptors (Lipinski definition) is 2. The van der Waals surface area contributed by atoms with E-state index in [4.69, 9.17) is 11.6 Å². The van der Waals surface area contributed by atoms with Crippen LogP contribution in [0.2, 0.25) is 0 Å². The highest BCUT2D eigenvalue weighted by molar-refractivity contribution is 6.63. The predicted molar refractivity (Wildman–Crippen MR) is 61.1 cm³/mol. The fourth-order valence-corrected chi connectivity index (χ4v) is 2.04. The van der Waals surface area contributed by atoms with Gasteiger partial charge >= 0.3 is 5.37 Å². The van der Waals surface area contributed by atoms with Crippen molar-refractivity contribution in [2.45, 2.75) is 25.8 Å². The summed E-state index contributed by atoms with van der Waals surface area (Å²) in [7, 11) is 0. The number of nitrogens with one attached hydrogen (secondary N) is 1. The average molecular weight is 225 g/mol. The fraction of sp³-hybridized carbons (Fsp3) is 0.364. The molecular formula is C11H13ClN2O. The number of carbonyl (C=O) groups excluding carboxylic acids is 1. The topological polar surface area (TPSA) is 32.3 Å². The standard InChI is InChI=1S/C11H13ClN2O/c1-8-6-7-9-4-2-3-5-10(9)14(8)13-11(12)15/h2-5,8H,6-7H2,1H3,(H,13,15). The average Bonchev–Trinajstić information content (AvgIpc) is 2.22. The Morgan fingerprint density at radius 1 is 1.53 bits per heavy atom. The first-order valence-corrected chi connectivity index (χ1v) is 5.39. The quantitative estimate of drug-likeness (QED) is 0.588. The molecule has 0 saturated carbocycles. The summed E-state index contributed by atoms with van der Waals surface area (Å²) in [6.45, 7) is 2.07. The van der Waals surface area contributed by atoms with Crippen LogP contribution in [0, 0.1) is 0 Å². The molecule has 2 rings (SSSR count). The molecule has 0 aromatic heterocycles. The molecule has 1 atom stereocenters. The van der Waals surface area contributed by atoms with Gasteiger partial charge < -0.3 is 0 Å². The highest BCUT2D eigenvalue weighted by Crippen LogP contribution is 2.28. The minimum atomic E-state index is -0.543. The van der Waals surface area contributed by atoms with Crippen molar-refractivity contribution in [3.63, 3.8) is 0 Å². The van der Waals surface area contributed by atoms with E-state index in [1.165, 1.54) is 5.56 Å². The molecule has 1 unspecified atom stereocenters. The Kier molecular flexibility index (Phi) is 2.82. The van der Waals surface area contributed by atoms with Gasteiger partial charge in [-0.3, -0.25) is 15.2 Å². The van der Waals surface area contributed by atoms with E-state index in [9.17, 15) is 4.79 Å². The second-order valence-electron chi connectivity index (χ2n) is 3.77. The highest BCUT2D eigenvalue weighted by atomic mass is 35.5. The number of hydrazine groups is 1. The predicted octanol–water partition coefficient (Wildman–Crippen LogP) is 2.69. The number of rotatable bonds is 1. The van der Waals surface area contributed by atoms with E-state index in [-0.39, 0.29) is 6.04 Å². The molecule has 0 bridgehead atoms. The van der Waals surface area contributed by atoms with Crippen molar-refractivity contribution >= 4 is 22.7 Å². The minimum Gasteiger partial charge on any atom is -0.282 e. The second kappa shape index (κ2) is 4.11. The van der Waals surface area contributed by atoms with Gasteiger partial charge in [0.05, 0.1) is 5.69 Å². The van der Waals surface area contributed by atoms with Gasteiger partial charge in [0, 0.05) is 6.04 Å². The molecule has 1 aromatic rings. The summed E-state index contributed by atoms with van der Waals surface area (Å²) in [4.78, 5) is 10.9. The molecular weight excluding hydrogens is 212 g/mol. The van der Waals surface area contributed by atoms with Crippen molar-refractivity contribution in [2.24, 2.45) is 0 Å². The third kappa shape index (κ3) is 2.07. The lowest BCUT2D eigenvalue weighted by Gasteiger charge is -2.36. The van der Waals surface area contributed by atoms with Crippen molar-refractivity contribution in [2.75, 3.05) is 5.01 Å². The molecule has 80 valence electrons. The van der Waals surface area contributed by atoms with Gasteiger partial charge in [0.2, 0.25) is 0 Å². The van der Waals surface area contributed by atoms with Gasteiger partial charge in [0.25, 0.3) is 0 Å².